The van der Waals surface area contributed by atoms with Gasteiger partial charge in [-0.1, -0.05) is 30.1 Å². The topological polar surface area (TPSA) is 49.9 Å². The first kappa shape index (κ1) is 12.1. The van der Waals surface area contributed by atoms with Gasteiger partial charge in [0, 0.05) is 17.9 Å². The van der Waals surface area contributed by atoms with Crippen LogP contribution < -0.4 is 5.56 Å². The number of nitrogens with one attached hydrogen (secondary N) is 1. The van der Waals surface area contributed by atoms with Crippen molar-refractivity contribution in [1.29, 1.82) is 0 Å². The van der Waals surface area contributed by atoms with E-state index in [1.807, 2.05) is 0 Å². The van der Waals surface area contributed by atoms with Crippen molar-refractivity contribution in [3.05, 3.63) is 44.2 Å². The van der Waals surface area contributed by atoms with Gasteiger partial charge in [0.05, 0.1) is 21.1 Å². The molecule has 2 aromatic rings. The van der Waals surface area contributed by atoms with E-state index in [1.54, 1.807) is 19.1 Å². The van der Waals surface area contributed by atoms with Crippen molar-refractivity contribution >= 4 is 39.9 Å². The summed E-state index contributed by atoms with van der Waals surface area (Å²) in [6.07, 6.45) is 0.328. The number of ketones is 1. The van der Waals surface area contributed by atoms with E-state index < -0.39 is 0 Å². The van der Waals surface area contributed by atoms with Gasteiger partial charge >= 0.3 is 0 Å². The lowest BCUT2D eigenvalue weighted by Gasteiger charge is -2.08. The Morgan fingerprint density at radius 1 is 1.35 bits per heavy atom. The number of carbonyl (C=O) groups is 1. The van der Waals surface area contributed by atoms with Gasteiger partial charge in [-0.05, 0) is 12.1 Å². The number of pyridine rings is 1. The largest absolute Gasteiger partial charge is 0.322 e. The molecule has 0 spiro atoms. The highest BCUT2D eigenvalue weighted by molar-refractivity contribution is 6.43. The average Bonchev–Trinajstić information content (AvgIpc) is 2.28. The van der Waals surface area contributed by atoms with Gasteiger partial charge in [-0.25, -0.2) is 0 Å². The van der Waals surface area contributed by atoms with Crippen LogP contribution in [0.1, 0.15) is 23.7 Å². The molecular formula is C12H9Cl2NO2. The minimum Gasteiger partial charge on any atom is -0.322 e. The first-order valence-electron chi connectivity index (χ1n) is 5.08. The fourth-order valence-corrected chi connectivity index (χ4v) is 2.40. The zero-order valence-electron chi connectivity index (χ0n) is 9.01. The Morgan fingerprint density at radius 2 is 2.06 bits per heavy atom. The van der Waals surface area contributed by atoms with E-state index in [2.05, 4.69) is 4.98 Å². The predicted molar refractivity (Wildman–Crippen MR) is 69.2 cm³/mol. The number of benzene rings is 1. The van der Waals surface area contributed by atoms with Gasteiger partial charge in [0.15, 0.2) is 5.78 Å². The lowest BCUT2D eigenvalue weighted by atomic mass is 10.1. The van der Waals surface area contributed by atoms with Crippen LogP contribution in [0.3, 0.4) is 0 Å². The number of hydrogen-bond acceptors (Lipinski definition) is 2. The van der Waals surface area contributed by atoms with Gasteiger partial charge in [-0.15, -0.1) is 0 Å². The Hall–Kier alpha value is -1.32. The molecule has 0 unspecified atom stereocenters. The number of aromatic amines is 1. The van der Waals surface area contributed by atoms with Crippen molar-refractivity contribution in [2.45, 2.75) is 13.3 Å². The molecule has 1 N–H and O–H groups in total. The summed E-state index contributed by atoms with van der Waals surface area (Å²) in [6, 6.07) is 4.49. The number of aromatic nitrogens is 1. The van der Waals surface area contributed by atoms with Crippen LogP contribution in [0.2, 0.25) is 10.0 Å². The quantitative estimate of drug-likeness (QED) is 0.850. The van der Waals surface area contributed by atoms with Crippen molar-refractivity contribution in [1.82, 2.24) is 4.98 Å². The molecule has 2 rings (SSSR count). The summed E-state index contributed by atoms with van der Waals surface area (Å²) >= 11 is 12.2. The van der Waals surface area contributed by atoms with Crippen molar-refractivity contribution in [2.24, 2.45) is 0 Å². The number of carbonyl (C=O) groups excluding carboxylic acids is 1. The van der Waals surface area contributed by atoms with E-state index >= 15 is 0 Å². The summed E-state index contributed by atoms with van der Waals surface area (Å²) in [6.45, 7) is 1.74. The molecule has 0 saturated carbocycles. The number of hydrogen-bond donors (Lipinski definition) is 1. The second-order valence-electron chi connectivity index (χ2n) is 3.61. The molecule has 0 aliphatic carbocycles. The third-order valence-corrected chi connectivity index (χ3v) is 3.21. The molecule has 0 bridgehead atoms. The molecule has 0 saturated heterocycles. The smallest absolute Gasteiger partial charge is 0.248 e. The summed E-state index contributed by atoms with van der Waals surface area (Å²) in [5.74, 6) is -0.117. The Kier molecular flexibility index (Phi) is 3.22. The molecule has 5 heteroatoms. The lowest BCUT2D eigenvalue weighted by Crippen LogP contribution is -2.05. The van der Waals surface area contributed by atoms with E-state index in [0.717, 1.165) is 0 Å². The highest BCUT2D eigenvalue weighted by atomic mass is 35.5. The van der Waals surface area contributed by atoms with E-state index in [-0.39, 0.29) is 21.4 Å². The zero-order chi connectivity index (χ0) is 12.6. The summed E-state index contributed by atoms with van der Waals surface area (Å²) in [7, 11) is 0. The SMILES string of the molecule is CCC(=O)c1c(Cl)cc2[nH]c(=O)ccc2c1Cl. The lowest BCUT2D eigenvalue weighted by molar-refractivity contribution is 0.0988. The van der Waals surface area contributed by atoms with Crippen LogP contribution in [-0.2, 0) is 0 Å². The van der Waals surface area contributed by atoms with E-state index in [4.69, 9.17) is 23.2 Å². The molecule has 1 aromatic carbocycles. The molecule has 0 radical (unpaired) electrons. The molecular weight excluding hydrogens is 261 g/mol. The first-order chi connectivity index (χ1) is 8.04. The number of fused-ring (bicyclic) bond motifs is 1. The summed E-state index contributed by atoms with van der Waals surface area (Å²) in [5.41, 5.74) is 0.606. The summed E-state index contributed by atoms with van der Waals surface area (Å²) in [5, 5.41) is 1.17. The maximum Gasteiger partial charge on any atom is 0.248 e. The molecule has 0 aliphatic rings. The van der Waals surface area contributed by atoms with Crippen molar-refractivity contribution in [2.75, 3.05) is 0 Å². The third-order valence-electron chi connectivity index (χ3n) is 2.52. The molecule has 88 valence electrons. The standard InChI is InChI=1S/C12H9Cl2NO2/c1-2-9(16)11-7(13)5-8-6(12(11)14)3-4-10(17)15-8/h3-5H,2H2,1H3,(H,15,17). The van der Waals surface area contributed by atoms with Gasteiger partial charge in [0.1, 0.15) is 0 Å². The van der Waals surface area contributed by atoms with Gasteiger partial charge in [-0.3, -0.25) is 9.59 Å². The Bertz CT molecular complexity index is 661. The highest BCUT2D eigenvalue weighted by Gasteiger charge is 2.16. The van der Waals surface area contributed by atoms with Gasteiger partial charge in [0.25, 0.3) is 0 Å². The van der Waals surface area contributed by atoms with Crippen molar-refractivity contribution in [3.8, 4) is 0 Å². The number of rotatable bonds is 2. The van der Waals surface area contributed by atoms with Crippen LogP contribution >= 0.6 is 23.2 Å². The van der Waals surface area contributed by atoms with Gasteiger partial charge < -0.3 is 4.98 Å². The van der Waals surface area contributed by atoms with Crippen LogP contribution in [0.15, 0.2) is 23.0 Å². The Labute approximate surface area is 107 Å². The first-order valence-corrected chi connectivity index (χ1v) is 5.84. The molecule has 3 nitrogen and oxygen atoms in total. The molecule has 0 amide bonds. The van der Waals surface area contributed by atoms with Crippen LogP contribution in [0.4, 0.5) is 0 Å². The normalized spacial score (nSPS) is 10.8. The second-order valence-corrected chi connectivity index (χ2v) is 4.39. The molecule has 1 aromatic heterocycles. The highest BCUT2D eigenvalue weighted by Crippen LogP contribution is 2.32. The van der Waals surface area contributed by atoms with Gasteiger partial charge in [-0.2, -0.15) is 0 Å². The fourth-order valence-electron chi connectivity index (χ4n) is 1.67. The number of Topliss-reactive ketones (excluding diaryl/α,β-unsaturated/α-hetero) is 1. The summed E-state index contributed by atoms with van der Waals surface area (Å²) in [4.78, 5) is 25.5. The minimum absolute atomic E-state index is 0.117. The fraction of sp³-hybridized carbons (Fsp3) is 0.167. The minimum atomic E-state index is -0.237. The number of H-pyrrole nitrogens is 1. The van der Waals surface area contributed by atoms with Gasteiger partial charge in [0.2, 0.25) is 5.56 Å². The third kappa shape index (κ3) is 2.08. The van der Waals surface area contributed by atoms with Crippen molar-refractivity contribution in [3.63, 3.8) is 0 Å². The van der Waals surface area contributed by atoms with Crippen LogP contribution in [0.5, 0.6) is 0 Å². The predicted octanol–water partition coefficient (Wildman–Crippen LogP) is 3.43. The molecule has 1 heterocycles. The molecule has 17 heavy (non-hydrogen) atoms. The van der Waals surface area contributed by atoms with E-state index in [0.29, 0.717) is 22.9 Å². The maximum atomic E-state index is 11.7. The Balaban J connectivity index is 2.85. The average molecular weight is 270 g/mol. The maximum absolute atomic E-state index is 11.7. The van der Waals surface area contributed by atoms with E-state index in [1.165, 1.54) is 6.07 Å². The number of halogens is 2. The molecule has 0 fully saturated rings. The van der Waals surface area contributed by atoms with Crippen LogP contribution in [0.25, 0.3) is 10.9 Å². The second kappa shape index (κ2) is 4.51. The van der Waals surface area contributed by atoms with E-state index in [9.17, 15) is 9.59 Å². The van der Waals surface area contributed by atoms with Crippen LogP contribution in [0, 0.1) is 0 Å². The Morgan fingerprint density at radius 3 is 2.71 bits per heavy atom. The van der Waals surface area contributed by atoms with Crippen molar-refractivity contribution < 1.29 is 4.79 Å². The molecule has 0 atom stereocenters. The monoisotopic (exact) mass is 269 g/mol. The zero-order valence-corrected chi connectivity index (χ0v) is 10.5. The van der Waals surface area contributed by atoms with Crippen LogP contribution in [-0.4, -0.2) is 10.8 Å². The summed E-state index contributed by atoms with van der Waals surface area (Å²) < 4.78 is 0. The molecule has 0 aliphatic heterocycles.